The number of hydrogen-bond donors (Lipinski definition) is 1. The molecule has 2 rings (SSSR count). The number of nitrogens with zero attached hydrogens (tertiary/aromatic N) is 1. The van der Waals surface area contributed by atoms with Crippen LogP contribution < -0.4 is 10.2 Å². The summed E-state index contributed by atoms with van der Waals surface area (Å²) in [7, 11) is 0. The third-order valence-corrected chi connectivity index (χ3v) is 5.16. The maximum Gasteiger partial charge on any atom is 0.0639 e. The van der Waals surface area contributed by atoms with Crippen molar-refractivity contribution in [2.24, 2.45) is 5.92 Å². The van der Waals surface area contributed by atoms with Crippen molar-refractivity contribution >= 4 is 17.3 Å². The van der Waals surface area contributed by atoms with E-state index in [1.165, 1.54) is 5.69 Å². The van der Waals surface area contributed by atoms with Gasteiger partial charge in [0.2, 0.25) is 0 Å². The molecule has 1 saturated heterocycles. The fourth-order valence-corrected chi connectivity index (χ4v) is 3.44. The Morgan fingerprint density at radius 1 is 1.30 bits per heavy atom. The summed E-state index contributed by atoms with van der Waals surface area (Å²) in [5.41, 5.74) is 1.39. The number of rotatable bonds is 4. The van der Waals surface area contributed by atoms with Crippen molar-refractivity contribution in [3.05, 3.63) is 29.3 Å². The monoisotopic (exact) mass is 294 g/mol. The second-order valence-electron chi connectivity index (χ2n) is 6.26. The van der Waals surface area contributed by atoms with Crippen molar-refractivity contribution in [3.63, 3.8) is 0 Å². The lowest BCUT2D eigenvalue weighted by Gasteiger charge is -2.50. The third-order valence-electron chi connectivity index (χ3n) is 4.84. The van der Waals surface area contributed by atoms with Gasteiger partial charge in [-0.25, -0.2) is 0 Å². The van der Waals surface area contributed by atoms with Crippen LogP contribution in [0.5, 0.6) is 0 Å². The zero-order valence-electron chi connectivity index (χ0n) is 13.1. The first-order valence-electron chi connectivity index (χ1n) is 7.79. The topological polar surface area (TPSA) is 15.3 Å². The molecule has 1 aliphatic rings. The van der Waals surface area contributed by atoms with Crippen molar-refractivity contribution in [2.75, 3.05) is 18.0 Å². The van der Waals surface area contributed by atoms with Gasteiger partial charge in [0.25, 0.3) is 0 Å². The summed E-state index contributed by atoms with van der Waals surface area (Å²) in [4.78, 5) is 2.52. The van der Waals surface area contributed by atoms with Crippen molar-refractivity contribution in [1.82, 2.24) is 5.32 Å². The molecule has 20 heavy (non-hydrogen) atoms. The summed E-state index contributed by atoms with van der Waals surface area (Å²) in [6.45, 7) is 11.2. The molecule has 0 spiro atoms. The lowest BCUT2D eigenvalue weighted by molar-refractivity contribution is 0.227. The molecule has 1 aromatic rings. The standard InChI is InChI=1S/C17H27ClN2/c1-5-17(6-2)12-20(16(11-19-17)13(3)4)15-10-8-7-9-14(15)18/h7-10,13,16,19H,5-6,11-12H2,1-4H3. The molecule has 0 bridgehead atoms. The van der Waals surface area contributed by atoms with E-state index in [1.807, 2.05) is 12.1 Å². The van der Waals surface area contributed by atoms with Crippen LogP contribution in [0.15, 0.2) is 24.3 Å². The Kier molecular flexibility index (Phi) is 4.98. The van der Waals surface area contributed by atoms with E-state index >= 15 is 0 Å². The van der Waals surface area contributed by atoms with E-state index in [0.717, 1.165) is 31.0 Å². The van der Waals surface area contributed by atoms with Crippen molar-refractivity contribution in [3.8, 4) is 0 Å². The molecular weight excluding hydrogens is 268 g/mol. The van der Waals surface area contributed by atoms with Gasteiger partial charge in [0, 0.05) is 24.7 Å². The highest BCUT2D eigenvalue weighted by atomic mass is 35.5. The summed E-state index contributed by atoms with van der Waals surface area (Å²) in [6, 6.07) is 8.74. The number of piperazine rings is 1. The Morgan fingerprint density at radius 2 is 1.95 bits per heavy atom. The fourth-order valence-electron chi connectivity index (χ4n) is 3.20. The Balaban J connectivity index is 2.35. The van der Waals surface area contributed by atoms with Gasteiger partial charge in [0.15, 0.2) is 0 Å². The second kappa shape index (κ2) is 6.36. The normalized spacial score (nSPS) is 22.3. The minimum Gasteiger partial charge on any atom is -0.364 e. The molecule has 1 aliphatic heterocycles. The van der Waals surface area contributed by atoms with Crippen LogP contribution in [0.3, 0.4) is 0 Å². The quantitative estimate of drug-likeness (QED) is 0.889. The highest BCUT2D eigenvalue weighted by Crippen LogP contribution is 2.34. The highest BCUT2D eigenvalue weighted by molar-refractivity contribution is 6.33. The predicted molar refractivity (Wildman–Crippen MR) is 88.7 cm³/mol. The van der Waals surface area contributed by atoms with Crippen LogP contribution in [0.2, 0.25) is 5.02 Å². The molecule has 0 saturated carbocycles. The Morgan fingerprint density at radius 3 is 2.50 bits per heavy atom. The smallest absolute Gasteiger partial charge is 0.0639 e. The van der Waals surface area contributed by atoms with Crippen molar-refractivity contribution in [1.29, 1.82) is 0 Å². The maximum atomic E-state index is 6.44. The summed E-state index contributed by atoms with van der Waals surface area (Å²) in [5, 5.41) is 4.66. The van der Waals surface area contributed by atoms with Crippen LogP contribution in [0.1, 0.15) is 40.5 Å². The van der Waals surface area contributed by atoms with Crippen molar-refractivity contribution < 1.29 is 0 Å². The van der Waals surface area contributed by atoms with Gasteiger partial charge < -0.3 is 10.2 Å². The van der Waals surface area contributed by atoms with Gasteiger partial charge in [-0.2, -0.15) is 0 Å². The van der Waals surface area contributed by atoms with Gasteiger partial charge >= 0.3 is 0 Å². The summed E-state index contributed by atoms with van der Waals surface area (Å²) in [5.74, 6) is 0.602. The van der Waals surface area contributed by atoms with Crippen LogP contribution in [0.25, 0.3) is 0 Å². The largest absolute Gasteiger partial charge is 0.364 e. The van der Waals surface area contributed by atoms with E-state index in [4.69, 9.17) is 11.6 Å². The lowest BCUT2D eigenvalue weighted by Crippen LogP contribution is -2.65. The Hall–Kier alpha value is -0.730. The van der Waals surface area contributed by atoms with Gasteiger partial charge in [-0.3, -0.25) is 0 Å². The molecule has 1 heterocycles. The second-order valence-corrected chi connectivity index (χ2v) is 6.67. The average Bonchev–Trinajstić information content (AvgIpc) is 2.47. The predicted octanol–water partition coefficient (Wildman–Crippen LogP) is 4.33. The lowest BCUT2D eigenvalue weighted by atomic mass is 9.86. The fraction of sp³-hybridized carbons (Fsp3) is 0.647. The van der Waals surface area contributed by atoms with Gasteiger partial charge in [-0.05, 0) is 30.9 Å². The summed E-state index contributed by atoms with van der Waals surface area (Å²) in [6.07, 6.45) is 2.30. The number of para-hydroxylation sites is 1. The Bertz CT molecular complexity index is 440. The number of halogens is 1. The van der Waals surface area contributed by atoms with Gasteiger partial charge in [-0.1, -0.05) is 51.4 Å². The zero-order chi connectivity index (χ0) is 14.8. The first kappa shape index (κ1) is 15.7. The molecule has 1 N–H and O–H groups in total. The van der Waals surface area contributed by atoms with Crippen molar-refractivity contribution in [2.45, 2.75) is 52.1 Å². The SMILES string of the molecule is CCC1(CC)CN(c2ccccc2Cl)C(C(C)C)CN1. The first-order chi connectivity index (χ1) is 9.53. The van der Waals surface area contributed by atoms with E-state index in [9.17, 15) is 0 Å². The van der Waals surface area contributed by atoms with Gasteiger partial charge in [0.05, 0.1) is 10.7 Å². The molecule has 0 radical (unpaired) electrons. The molecular formula is C17H27ClN2. The molecule has 2 nitrogen and oxygen atoms in total. The maximum absolute atomic E-state index is 6.44. The van der Waals surface area contributed by atoms with E-state index in [0.29, 0.717) is 12.0 Å². The van der Waals surface area contributed by atoms with Crippen LogP contribution in [0.4, 0.5) is 5.69 Å². The van der Waals surface area contributed by atoms with E-state index in [-0.39, 0.29) is 5.54 Å². The van der Waals surface area contributed by atoms with Crippen LogP contribution >= 0.6 is 11.6 Å². The molecule has 1 fully saturated rings. The van der Waals surface area contributed by atoms with Crippen LogP contribution in [0, 0.1) is 5.92 Å². The first-order valence-corrected chi connectivity index (χ1v) is 8.17. The molecule has 1 aromatic carbocycles. The molecule has 1 unspecified atom stereocenters. The number of nitrogens with one attached hydrogen (secondary N) is 1. The molecule has 3 heteroatoms. The average molecular weight is 295 g/mol. The Labute approximate surface area is 128 Å². The van der Waals surface area contributed by atoms with Crippen LogP contribution in [-0.2, 0) is 0 Å². The minimum atomic E-state index is 0.213. The van der Waals surface area contributed by atoms with Gasteiger partial charge in [0.1, 0.15) is 0 Å². The number of anilines is 1. The summed E-state index contributed by atoms with van der Waals surface area (Å²) >= 11 is 6.44. The van der Waals surface area contributed by atoms with E-state index in [1.54, 1.807) is 0 Å². The van der Waals surface area contributed by atoms with Crippen LogP contribution in [-0.4, -0.2) is 24.7 Å². The molecule has 0 aromatic heterocycles. The third kappa shape index (κ3) is 2.96. The van der Waals surface area contributed by atoms with Gasteiger partial charge in [-0.15, -0.1) is 0 Å². The minimum absolute atomic E-state index is 0.213. The zero-order valence-corrected chi connectivity index (χ0v) is 13.9. The summed E-state index contributed by atoms with van der Waals surface area (Å²) < 4.78 is 0. The molecule has 1 atom stereocenters. The van der Waals surface area contributed by atoms with E-state index < -0.39 is 0 Å². The molecule has 0 amide bonds. The van der Waals surface area contributed by atoms with E-state index in [2.05, 4.69) is 50.0 Å². The number of benzene rings is 1. The molecule has 0 aliphatic carbocycles. The molecule has 112 valence electrons. The number of hydrogen-bond acceptors (Lipinski definition) is 2. The highest BCUT2D eigenvalue weighted by Gasteiger charge is 2.38.